The van der Waals surface area contributed by atoms with Crippen LogP contribution < -0.4 is 0 Å². The molecule has 1 rings (SSSR count). The first-order chi connectivity index (χ1) is 8.18. The van der Waals surface area contributed by atoms with Gasteiger partial charge in [0.25, 0.3) is 0 Å². The molecule has 0 aliphatic carbocycles. The maximum Gasteiger partial charge on any atom is 0.129 e. The minimum absolute atomic E-state index is 0.0262. The number of allylic oxidation sites excluding steroid dienone is 1. The lowest BCUT2D eigenvalue weighted by atomic mass is 9.79. The van der Waals surface area contributed by atoms with Gasteiger partial charge >= 0.3 is 0 Å². The molecule has 0 bridgehead atoms. The van der Waals surface area contributed by atoms with Crippen molar-refractivity contribution in [3.05, 3.63) is 42.0 Å². The van der Waals surface area contributed by atoms with E-state index in [2.05, 4.69) is 32.2 Å². The van der Waals surface area contributed by atoms with E-state index in [1.807, 2.05) is 38.1 Å². The molecule has 2 heteroatoms. The van der Waals surface area contributed by atoms with E-state index in [0.29, 0.717) is 6.42 Å². The van der Waals surface area contributed by atoms with Crippen LogP contribution in [0.3, 0.4) is 0 Å². The lowest BCUT2D eigenvalue weighted by Gasteiger charge is -2.32. The van der Waals surface area contributed by atoms with Crippen LogP contribution in [0.2, 0.25) is 0 Å². The van der Waals surface area contributed by atoms with Gasteiger partial charge in [0.1, 0.15) is 5.60 Å². The molecule has 0 fully saturated rings. The largest absolute Gasteiger partial charge is 0.193 e. The highest BCUT2D eigenvalue weighted by molar-refractivity contribution is 5.62. The molecule has 0 saturated carbocycles. The topological polar surface area (TPSA) is 29.1 Å². The van der Waals surface area contributed by atoms with Gasteiger partial charge < -0.3 is 0 Å². The standard InChI is InChI=1S/C16H23O2/c1-12(2)13-8-7-9-14(10-13)16(6,18-17)11-15(3,4)5/h7-10H,1,11H2,2-6H3. The maximum absolute atomic E-state index is 11.2. The predicted molar refractivity (Wildman–Crippen MR) is 74.3 cm³/mol. The van der Waals surface area contributed by atoms with Gasteiger partial charge in [0.2, 0.25) is 0 Å². The van der Waals surface area contributed by atoms with Gasteiger partial charge in [-0.25, -0.2) is 0 Å². The summed E-state index contributed by atoms with van der Waals surface area (Å²) in [6.45, 7) is 14.0. The number of rotatable bonds is 4. The fourth-order valence-electron chi connectivity index (χ4n) is 2.31. The highest BCUT2D eigenvalue weighted by Crippen LogP contribution is 2.37. The Morgan fingerprint density at radius 1 is 1.28 bits per heavy atom. The Bertz CT molecular complexity index is 429. The molecule has 0 aliphatic rings. The predicted octanol–water partition coefficient (Wildman–Crippen LogP) is 4.73. The molecule has 1 aromatic carbocycles. The zero-order valence-corrected chi connectivity index (χ0v) is 12.0. The minimum Gasteiger partial charge on any atom is -0.193 e. The Morgan fingerprint density at radius 3 is 2.33 bits per heavy atom. The Hall–Kier alpha value is -1.12. The molecule has 0 aromatic heterocycles. The van der Waals surface area contributed by atoms with Crippen molar-refractivity contribution in [2.75, 3.05) is 0 Å². The molecule has 0 N–H and O–H groups in total. The summed E-state index contributed by atoms with van der Waals surface area (Å²) in [5.41, 5.74) is 2.17. The van der Waals surface area contributed by atoms with Gasteiger partial charge in [0, 0.05) is 0 Å². The monoisotopic (exact) mass is 247 g/mol. The van der Waals surface area contributed by atoms with E-state index in [1.54, 1.807) is 0 Å². The van der Waals surface area contributed by atoms with E-state index in [4.69, 9.17) is 0 Å². The molecule has 18 heavy (non-hydrogen) atoms. The van der Waals surface area contributed by atoms with Crippen LogP contribution in [0.25, 0.3) is 5.57 Å². The Labute approximate surface area is 110 Å². The zero-order valence-electron chi connectivity index (χ0n) is 12.0. The van der Waals surface area contributed by atoms with Crippen LogP contribution in [0, 0.1) is 5.41 Å². The molecule has 1 atom stereocenters. The van der Waals surface area contributed by atoms with E-state index in [1.165, 1.54) is 0 Å². The van der Waals surface area contributed by atoms with Crippen molar-refractivity contribution < 1.29 is 10.1 Å². The molecular weight excluding hydrogens is 224 g/mol. The third-order valence-electron chi connectivity index (χ3n) is 3.02. The summed E-state index contributed by atoms with van der Waals surface area (Å²) in [4.78, 5) is 4.55. The summed E-state index contributed by atoms with van der Waals surface area (Å²) in [5.74, 6) is 0. The zero-order chi connectivity index (χ0) is 14.0. The summed E-state index contributed by atoms with van der Waals surface area (Å²) < 4.78 is 0. The average Bonchev–Trinajstić information content (AvgIpc) is 2.27. The van der Waals surface area contributed by atoms with Crippen molar-refractivity contribution >= 4 is 5.57 Å². The first kappa shape index (κ1) is 14.9. The van der Waals surface area contributed by atoms with Crippen LogP contribution in [0.1, 0.15) is 52.2 Å². The van der Waals surface area contributed by atoms with Gasteiger partial charge in [-0.1, -0.05) is 51.1 Å². The quantitative estimate of drug-likeness (QED) is 0.558. The average molecular weight is 247 g/mol. The summed E-state index contributed by atoms with van der Waals surface area (Å²) in [6, 6.07) is 7.87. The molecule has 99 valence electrons. The van der Waals surface area contributed by atoms with E-state index in [0.717, 1.165) is 16.7 Å². The van der Waals surface area contributed by atoms with Crippen molar-refractivity contribution in [1.82, 2.24) is 0 Å². The fraction of sp³-hybridized carbons (Fsp3) is 0.500. The molecule has 0 amide bonds. The van der Waals surface area contributed by atoms with Gasteiger partial charge in [-0.2, -0.15) is 4.89 Å². The Balaban J connectivity index is 3.15. The van der Waals surface area contributed by atoms with Crippen LogP contribution in [0.5, 0.6) is 0 Å². The summed E-state index contributed by atoms with van der Waals surface area (Å²) in [7, 11) is 0. The Kier molecular flexibility index (Phi) is 4.36. The minimum atomic E-state index is -0.802. The Morgan fingerprint density at radius 2 is 1.89 bits per heavy atom. The van der Waals surface area contributed by atoms with Crippen molar-refractivity contribution in [3.63, 3.8) is 0 Å². The van der Waals surface area contributed by atoms with Crippen LogP contribution in [0.15, 0.2) is 30.8 Å². The number of hydrogen-bond acceptors (Lipinski definition) is 1. The highest BCUT2D eigenvalue weighted by Gasteiger charge is 2.34. The van der Waals surface area contributed by atoms with Crippen LogP contribution >= 0.6 is 0 Å². The molecule has 0 aliphatic heterocycles. The molecule has 1 radical (unpaired) electrons. The summed E-state index contributed by atoms with van der Waals surface area (Å²) >= 11 is 0. The third-order valence-corrected chi connectivity index (χ3v) is 3.02. The highest BCUT2D eigenvalue weighted by atomic mass is 17.1. The van der Waals surface area contributed by atoms with Gasteiger partial charge in [-0.05, 0) is 48.1 Å². The molecule has 0 heterocycles. The summed E-state index contributed by atoms with van der Waals surface area (Å²) in [5, 5.41) is 11.2. The van der Waals surface area contributed by atoms with E-state index in [9.17, 15) is 5.26 Å². The van der Waals surface area contributed by atoms with Gasteiger partial charge in [-0.3, -0.25) is 0 Å². The van der Waals surface area contributed by atoms with Crippen molar-refractivity contribution in [2.45, 2.75) is 46.6 Å². The van der Waals surface area contributed by atoms with Crippen molar-refractivity contribution in [2.24, 2.45) is 5.41 Å². The SMILES string of the molecule is C=C(C)c1cccc(C(C)(CC(C)(C)C)O[O])c1. The smallest absolute Gasteiger partial charge is 0.129 e. The van der Waals surface area contributed by atoms with Crippen molar-refractivity contribution in [1.29, 1.82) is 0 Å². The van der Waals surface area contributed by atoms with Gasteiger partial charge in [0.05, 0.1) is 0 Å². The van der Waals surface area contributed by atoms with E-state index >= 15 is 0 Å². The summed E-state index contributed by atoms with van der Waals surface area (Å²) in [6.07, 6.45) is 0.670. The second-order valence-corrected chi connectivity index (χ2v) is 6.41. The molecule has 1 unspecified atom stereocenters. The normalized spacial score (nSPS) is 15.2. The lowest BCUT2D eigenvalue weighted by molar-refractivity contribution is -0.380. The molecule has 0 spiro atoms. The van der Waals surface area contributed by atoms with E-state index < -0.39 is 5.60 Å². The first-order valence-electron chi connectivity index (χ1n) is 6.25. The van der Waals surface area contributed by atoms with Gasteiger partial charge in [0.15, 0.2) is 0 Å². The lowest BCUT2D eigenvalue weighted by Crippen LogP contribution is -2.30. The van der Waals surface area contributed by atoms with Crippen LogP contribution in [-0.4, -0.2) is 0 Å². The second-order valence-electron chi connectivity index (χ2n) is 6.41. The van der Waals surface area contributed by atoms with Crippen LogP contribution in [-0.2, 0) is 15.7 Å². The number of hydrogen-bond donors (Lipinski definition) is 0. The molecule has 1 aromatic rings. The molecular formula is C16H23O2. The fourth-order valence-corrected chi connectivity index (χ4v) is 2.31. The van der Waals surface area contributed by atoms with E-state index in [-0.39, 0.29) is 5.41 Å². The number of benzene rings is 1. The maximum atomic E-state index is 11.2. The first-order valence-corrected chi connectivity index (χ1v) is 6.25. The van der Waals surface area contributed by atoms with Crippen LogP contribution in [0.4, 0.5) is 0 Å². The van der Waals surface area contributed by atoms with Crippen molar-refractivity contribution in [3.8, 4) is 0 Å². The molecule has 2 nitrogen and oxygen atoms in total. The van der Waals surface area contributed by atoms with Gasteiger partial charge in [-0.15, -0.1) is 0 Å². The third kappa shape index (κ3) is 3.69. The molecule has 0 saturated heterocycles. The second kappa shape index (κ2) is 5.25.